The third kappa shape index (κ3) is 4.94. The van der Waals surface area contributed by atoms with E-state index in [4.69, 9.17) is 4.55 Å². The van der Waals surface area contributed by atoms with Gasteiger partial charge >= 0.3 is 10.3 Å². The van der Waals surface area contributed by atoms with Gasteiger partial charge in [0.25, 0.3) is 5.91 Å². The molecule has 15 heavy (non-hydrogen) atoms. The number of carbonyl (C=O) groups excluding carboxylic acids is 1. The molecular weight excluding hydrogens is 218 g/mol. The SMILES string of the molecule is O=C(C=Cc1ccccc1)NS(=O)(=O)O. The van der Waals surface area contributed by atoms with E-state index in [-0.39, 0.29) is 0 Å². The van der Waals surface area contributed by atoms with E-state index >= 15 is 0 Å². The second-order valence-electron chi connectivity index (χ2n) is 2.69. The van der Waals surface area contributed by atoms with Gasteiger partial charge in [-0.05, 0) is 11.6 Å². The van der Waals surface area contributed by atoms with Crippen molar-refractivity contribution in [3.05, 3.63) is 42.0 Å². The highest BCUT2D eigenvalue weighted by atomic mass is 32.2. The van der Waals surface area contributed by atoms with E-state index in [0.717, 1.165) is 11.6 Å². The Labute approximate surface area is 87.3 Å². The molecule has 0 aliphatic carbocycles. The standard InChI is InChI=1S/C9H9NO4S/c11-9(10-15(12,13)14)7-6-8-4-2-1-3-5-8/h1-7H,(H,10,11)(H,12,13,14). The van der Waals surface area contributed by atoms with Crippen LogP contribution in [0, 0.1) is 0 Å². The number of hydrogen-bond acceptors (Lipinski definition) is 3. The van der Waals surface area contributed by atoms with E-state index in [1.165, 1.54) is 10.8 Å². The van der Waals surface area contributed by atoms with Crippen LogP contribution in [0.25, 0.3) is 6.08 Å². The van der Waals surface area contributed by atoms with Crippen LogP contribution >= 0.6 is 0 Å². The molecule has 0 saturated carbocycles. The summed E-state index contributed by atoms with van der Waals surface area (Å²) in [5, 5.41) is 0. The van der Waals surface area contributed by atoms with E-state index in [1.54, 1.807) is 24.3 Å². The highest BCUT2D eigenvalue weighted by molar-refractivity contribution is 7.84. The van der Waals surface area contributed by atoms with E-state index < -0.39 is 16.2 Å². The summed E-state index contributed by atoms with van der Waals surface area (Å²) in [6.07, 6.45) is 2.45. The molecule has 0 aromatic heterocycles. The number of benzene rings is 1. The molecule has 0 atom stereocenters. The maximum Gasteiger partial charge on any atom is 0.359 e. The first-order chi connectivity index (χ1) is 6.97. The van der Waals surface area contributed by atoms with E-state index in [0.29, 0.717) is 0 Å². The predicted octanol–water partition coefficient (Wildman–Crippen LogP) is 0.619. The summed E-state index contributed by atoms with van der Waals surface area (Å²) in [7, 11) is -4.48. The van der Waals surface area contributed by atoms with Gasteiger partial charge in [-0.1, -0.05) is 30.3 Å². The molecule has 0 radical (unpaired) electrons. The monoisotopic (exact) mass is 227 g/mol. The minimum Gasteiger partial charge on any atom is -0.269 e. The molecule has 0 unspecified atom stereocenters. The summed E-state index contributed by atoms with van der Waals surface area (Å²) in [6.45, 7) is 0. The van der Waals surface area contributed by atoms with Gasteiger partial charge in [0, 0.05) is 6.08 Å². The smallest absolute Gasteiger partial charge is 0.269 e. The third-order valence-electron chi connectivity index (χ3n) is 1.46. The van der Waals surface area contributed by atoms with E-state index in [9.17, 15) is 13.2 Å². The Morgan fingerprint density at radius 2 is 1.87 bits per heavy atom. The van der Waals surface area contributed by atoms with Crippen LogP contribution in [0.2, 0.25) is 0 Å². The summed E-state index contributed by atoms with van der Waals surface area (Å²) in [6, 6.07) is 8.87. The summed E-state index contributed by atoms with van der Waals surface area (Å²) in [4.78, 5) is 10.9. The van der Waals surface area contributed by atoms with Gasteiger partial charge < -0.3 is 0 Å². The van der Waals surface area contributed by atoms with Gasteiger partial charge in [-0.3, -0.25) is 9.35 Å². The van der Waals surface area contributed by atoms with Crippen molar-refractivity contribution in [2.24, 2.45) is 0 Å². The van der Waals surface area contributed by atoms with Crippen LogP contribution in [0.3, 0.4) is 0 Å². The summed E-state index contributed by atoms with van der Waals surface area (Å²) < 4.78 is 30.2. The number of hydrogen-bond donors (Lipinski definition) is 2. The Morgan fingerprint density at radius 1 is 1.27 bits per heavy atom. The fraction of sp³-hybridized carbons (Fsp3) is 0. The average molecular weight is 227 g/mol. The van der Waals surface area contributed by atoms with Crippen molar-refractivity contribution in [2.45, 2.75) is 0 Å². The van der Waals surface area contributed by atoms with Crippen molar-refractivity contribution in [1.29, 1.82) is 0 Å². The minimum absolute atomic E-state index is 0.753. The quantitative estimate of drug-likeness (QED) is 0.585. The third-order valence-corrected chi connectivity index (χ3v) is 1.92. The molecule has 6 heteroatoms. The molecule has 0 aliphatic rings. The Hall–Kier alpha value is -1.66. The number of rotatable bonds is 3. The van der Waals surface area contributed by atoms with Crippen LogP contribution in [0.1, 0.15) is 5.56 Å². The van der Waals surface area contributed by atoms with Crippen molar-refractivity contribution in [3.63, 3.8) is 0 Å². The highest BCUT2D eigenvalue weighted by Gasteiger charge is 2.05. The second kappa shape index (κ2) is 4.72. The molecule has 0 saturated heterocycles. The van der Waals surface area contributed by atoms with Crippen molar-refractivity contribution < 1.29 is 17.8 Å². The summed E-state index contributed by atoms with van der Waals surface area (Å²) in [5.74, 6) is -0.902. The Kier molecular flexibility index (Phi) is 3.59. The molecule has 0 heterocycles. The first-order valence-electron chi connectivity index (χ1n) is 4.00. The topological polar surface area (TPSA) is 83.5 Å². The predicted molar refractivity (Wildman–Crippen MR) is 55.2 cm³/mol. The molecule has 1 amide bonds. The van der Waals surface area contributed by atoms with Gasteiger partial charge in [0.05, 0.1) is 0 Å². The molecule has 5 nitrogen and oxygen atoms in total. The highest BCUT2D eigenvalue weighted by Crippen LogP contribution is 2.00. The van der Waals surface area contributed by atoms with Crippen molar-refractivity contribution in [2.75, 3.05) is 0 Å². The van der Waals surface area contributed by atoms with E-state index in [1.807, 2.05) is 6.07 Å². The Morgan fingerprint density at radius 3 is 2.40 bits per heavy atom. The zero-order valence-electron chi connectivity index (χ0n) is 7.62. The number of nitrogens with one attached hydrogen (secondary N) is 1. The molecular formula is C9H9NO4S. The fourth-order valence-corrected chi connectivity index (χ4v) is 1.22. The van der Waals surface area contributed by atoms with Gasteiger partial charge in [-0.15, -0.1) is 0 Å². The molecule has 80 valence electrons. The van der Waals surface area contributed by atoms with Crippen molar-refractivity contribution in [1.82, 2.24) is 4.72 Å². The van der Waals surface area contributed by atoms with Gasteiger partial charge in [-0.25, -0.2) is 4.72 Å². The Balaban J connectivity index is 2.64. The maximum absolute atomic E-state index is 10.9. The van der Waals surface area contributed by atoms with Crippen molar-refractivity contribution in [3.8, 4) is 0 Å². The van der Waals surface area contributed by atoms with Gasteiger partial charge in [0.1, 0.15) is 0 Å². The van der Waals surface area contributed by atoms with Crippen LogP contribution in [0.5, 0.6) is 0 Å². The van der Waals surface area contributed by atoms with Crippen LogP contribution in [-0.4, -0.2) is 18.9 Å². The molecule has 1 aromatic carbocycles. The summed E-state index contributed by atoms with van der Waals surface area (Å²) in [5.41, 5.74) is 0.753. The van der Waals surface area contributed by atoms with Crippen LogP contribution in [-0.2, 0) is 15.1 Å². The number of carbonyl (C=O) groups is 1. The maximum atomic E-state index is 10.9. The molecule has 0 spiro atoms. The van der Waals surface area contributed by atoms with Gasteiger partial charge in [0.15, 0.2) is 0 Å². The Bertz CT molecular complexity index is 464. The fourth-order valence-electron chi connectivity index (χ4n) is 0.897. The van der Waals surface area contributed by atoms with Crippen LogP contribution in [0.15, 0.2) is 36.4 Å². The van der Waals surface area contributed by atoms with Crippen LogP contribution in [0.4, 0.5) is 0 Å². The number of amides is 1. The lowest BCUT2D eigenvalue weighted by Gasteiger charge is -1.95. The second-order valence-corrected chi connectivity index (χ2v) is 3.84. The lowest BCUT2D eigenvalue weighted by molar-refractivity contribution is -0.114. The van der Waals surface area contributed by atoms with E-state index in [2.05, 4.69) is 0 Å². The first kappa shape index (κ1) is 11.4. The van der Waals surface area contributed by atoms with Gasteiger partial charge in [-0.2, -0.15) is 8.42 Å². The van der Waals surface area contributed by atoms with Crippen molar-refractivity contribution >= 4 is 22.3 Å². The first-order valence-corrected chi connectivity index (χ1v) is 5.44. The largest absolute Gasteiger partial charge is 0.359 e. The minimum atomic E-state index is -4.48. The molecule has 1 rings (SSSR count). The molecule has 2 N–H and O–H groups in total. The zero-order chi connectivity index (χ0) is 11.3. The molecule has 0 bridgehead atoms. The normalized spacial score (nSPS) is 11.5. The molecule has 0 fully saturated rings. The lowest BCUT2D eigenvalue weighted by Crippen LogP contribution is -2.27. The average Bonchev–Trinajstić information content (AvgIpc) is 2.14. The summed E-state index contributed by atoms with van der Waals surface area (Å²) >= 11 is 0. The molecule has 1 aromatic rings. The van der Waals surface area contributed by atoms with Crippen LogP contribution < -0.4 is 4.72 Å². The zero-order valence-corrected chi connectivity index (χ0v) is 8.44. The lowest BCUT2D eigenvalue weighted by atomic mass is 10.2. The van der Waals surface area contributed by atoms with Gasteiger partial charge in [0.2, 0.25) is 0 Å². The molecule has 0 aliphatic heterocycles.